The second-order valence-electron chi connectivity index (χ2n) is 6.55. The van der Waals surface area contributed by atoms with Gasteiger partial charge in [0, 0.05) is 24.2 Å². The average molecular weight is 312 g/mol. The molecule has 3 N–H and O–H groups in total. The van der Waals surface area contributed by atoms with Crippen molar-refractivity contribution >= 4 is 5.91 Å². The third-order valence-electron chi connectivity index (χ3n) is 4.82. The number of benzene rings is 1. The van der Waals surface area contributed by atoms with E-state index in [0.717, 1.165) is 43.7 Å². The van der Waals surface area contributed by atoms with Gasteiger partial charge in [0.05, 0.1) is 17.8 Å². The topological polar surface area (TPSA) is 75.0 Å². The molecule has 23 heavy (non-hydrogen) atoms. The molecule has 1 aromatic heterocycles. The summed E-state index contributed by atoms with van der Waals surface area (Å²) >= 11 is 0. The van der Waals surface area contributed by atoms with Gasteiger partial charge in [-0.3, -0.25) is 14.8 Å². The highest BCUT2D eigenvalue weighted by Crippen LogP contribution is 2.26. The van der Waals surface area contributed by atoms with Gasteiger partial charge in [-0.25, -0.2) is 0 Å². The first-order chi connectivity index (χ1) is 11.0. The number of nitrogens with two attached hydrogens (primary N) is 1. The standard InChI is InChI=1S/C18H24N4O/c1-12-5-6-14(8-13(12)2)17-16(9-20-21-17)11-22-7-3-4-15(10-22)18(19)23/h5-6,8-9,15H,3-4,7,10-11H2,1-2H3,(H2,19,23)(H,20,21). The number of hydrogen-bond donors (Lipinski definition) is 2. The largest absolute Gasteiger partial charge is 0.369 e. The maximum Gasteiger partial charge on any atom is 0.221 e. The number of aryl methyl sites for hydroxylation is 2. The molecule has 3 rings (SSSR count). The number of piperidine rings is 1. The number of carbonyl (C=O) groups is 1. The van der Waals surface area contributed by atoms with Crippen LogP contribution in [0.15, 0.2) is 24.4 Å². The number of hydrogen-bond acceptors (Lipinski definition) is 3. The molecular weight excluding hydrogens is 288 g/mol. The van der Waals surface area contributed by atoms with Crippen LogP contribution in [0, 0.1) is 19.8 Å². The van der Waals surface area contributed by atoms with Crippen molar-refractivity contribution in [3.05, 3.63) is 41.1 Å². The summed E-state index contributed by atoms with van der Waals surface area (Å²) in [5, 5.41) is 7.35. The van der Waals surface area contributed by atoms with Gasteiger partial charge in [0.25, 0.3) is 0 Å². The molecule has 1 aliphatic rings. The summed E-state index contributed by atoms with van der Waals surface area (Å²) in [5.41, 5.74) is 11.4. The van der Waals surface area contributed by atoms with Crippen LogP contribution in [-0.4, -0.2) is 34.1 Å². The molecule has 1 aromatic carbocycles. The van der Waals surface area contributed by atoms with Gasteiger partial charge in [0.2, 0.25) is 5.91 Å². The maximum absolute atomic E-state index is 11.4. The van der Waals surface area contributed by atoms with Crippen LogP contribution >= 0.6 is 0 Å². The smallest absolute Gasteiger partial charge is 0.221 e. The molecule has 0 radical (unpaired) electrons. The number of nitrogens with one attached hydrogen (secondary N) is 1. The van der Waals surface area contributed by atoms with Crippen LogP contribution in [0.1, 0.15) is 29.5 Å². The minimum Gasteiger partial charge on any atom is -0.369 e. The number of nitrogens with zero attached hydrogens (tertiary/aromatic N) is 2. The SMILES string of the molecule is Cc1ccc(-c2[nH]ncc2CN2CCCC(C(N)=O)C2)cc1C. The van der Waals surface area contributed by atoms with Crippen LogP contribution in [0.3, 0.4) is 0 Å². The Balaban J connectivity index is 1.78. The van der Waals surface area contributed by atoms with E-state index in [1.165, 1.54) is 16.7 Å². The monoisotopic (exact) mass is 312 g/mol. The molecule has 0 saturated carbocycles. The molecule has 5 nitrogen and oxygen atoms in total. The van der Waals surface area contributed by atoms with Crippen LogP contribution in [0.5, 0.6) is 0 Å². The molecule has 1 atom stereocenters. The predicted molar refractivity (Wildman–Crippen MR) is 90.7 cm³/mol. The van der Waals surface area contributed by atoms with Crippen LogP contribution < -0.4 is 5.73 Å². The Kier molecular flexibility index (Phi) is 4.48. The molecule has 122 valence electrons. The van der Waals surface area contributed by atoms with E-state index in [1.807, 2.05) is 6.20 Å². The van der Waals surface area contributed by atoms with Crippen molar-refractivity contribution in [2.24, 2.45) is 11.7 Å². The zero-order valence-corrected chi connectivity index (χ0v) is 13.8. The number of likely N-dealkylation sites (tertiary alicyclic amines) is 1. The molecule has 1 unspecified atom stereocenters. The number of H-pyrrole nitrogens is 1. The number of carbonyl (C=O) groups excluding carboxylic acids is 1. The highest BCUT2D eigenvalue weighted by molar-refractivity contribution is 5.77. The summed E-state index contributed by atoms with van der Waals surface area (Å²) in [5.74, 6) is -0.211. The maximum atomic E-state index is 11.4. The van der Waals surface area contributed by atoms with Crippen molar-refractivity contribution < 1.29 is 4.79 Å². The molecule has 1 amide bonds. The highest BCUT2D eigenvalue weighted by atomic mass is 16.1. The molecule has 1 aliphatic heterocycles. The second-order valence-corrected chi connectivity index (χ2v) is 6.55. The minimum atomic E-state index is -0.184. The van der Waals surface area contributed by atoms with Crippen molar-refractivity contribution in [2.75, 3.05) is 13.1 Å². The van der Waals surface area contributed by atoms with Crippen LogP contribution in [0.25, 0.3) is 11.3 Å². The van der Waals surface area contributed by atoms with Crippen molar-refractivity contribution in [3.63, 3.8) is 0 Å². The Bertz CT molecular complexity index is 707. The zero-order valence-electron chi connectivity index (χ0n) is 13.8. The first-order valence-corrected chi connectivity index (χ1v) is 8.16. The fraction of sp³-hybridized carbons (Fsp3) is 0.444. The van der Waals surface area contributed by atoms with Gasteiger partial charge in [0.1, 0.15) is 0 Å². The van der Waals surface area contributed by atoms with Crippen molar-refractivity contribution in [1.82, 2.24) is 15.1 Å². The van der Waals surface area contributed by atoms with Crippen molar-refractivity contribution in [3.8, 4) is 11.3 Å². The molecule has 5 heteroatoms. The Morgan fingerprint density at radius 2 is 2.22 bits per heavy atom. The highest BCUT2D eigenvalue weighted by Gasteiger charge is 2.24. The summed E-state index contributed by atoms with van der Waals surface area (Å²) in [6.07, 6.45) is 3.81. The normalized spacial score (nSPS) is 19.0. The van der Waals surface area contributed by atoms with Gasteiger partial charge in [-0.1, -0.05) is 12.1 Å². The lowest BCUT2D eigenvalue weighted by Gasteiger charge is -2.31. The van der Waals surface area contributed by atoms with Crippen molar-refractivity contribution in [1.29, 1.82) is 0 Å². The molecule has 0 aliphatic carbocycles. The number of aromatic nitrogens is 2. The summed E-state index contributed by atoms with van der Waals surface area (Å²) in [7, 11) is 0. The van der Waals surface area contributed by atoms with E-state index in [9.17, 15) is 4.79 Å². The van der Waals surface area contributed by atoms with E-state index in [4.69, 9.17) is 5.73 Å². The van der Waals surface area contributed by atoms with Gasteiger partial charge in [-0.15, -0.1) is 0 Å². The molecule has 1 saturated heterocycles. The Morgan fingerprint density at radius 3 is 2.96 bits per heavy atom. The van der Waals surface area contributed by atoms with Gasteiger partial charge in [-0.2, -0.15) is 5.10 Å². The molecule has 1 fully saturated rings. The number of rotatable bonds is 4. The molecule has 2 aromatic rings. The van der Waals surface area contributed by atoms with Gasteiger partial charge in [0.15, 0.2) is 0 Å². The van der Waals surface area contributed by atoms with Crippen LogP contribution in [-0.2, 0) is 11.3 Å². The number of primary amides is 1. The van der Waals surface area contributed by atoms with E-state index in [-0.39, 0.29) is 11.8 Å². The first-order valence-electron chi connectivity index (χ1n) is 8.16. The predicted octanol–water partition coefficient (Wildman–Crippen LogP) is 2.39. The van der Waals surface area contributed by atoms with E-state index < -0.39 is 0 Å². The average Bonchev–Trinajstić information content (AvgIpc) is 2.98. The quantitative estimate of drug-likeness (QED) is 0.910. The molecule has 0 bridgehead atoms. The zero-order chi connectivity index (χ0) is 16.4. The second kappa shape index (κ2) is 6.54. The number of aromatic amines is 1. The van der Waals surface area contributed by atoms with Gasteiger partial charge < -0.3 is 5.73 Å². The summed E-state index contributed by atoms with van der Waals surface area (Å²) < 4.78 is 0. The summed E-state index contributed by atoms with van der Waals surface area (Å²) in [6, 6.07) is 6.45. The first kappa shape index (κ1) is 15.7. The summed E-state index contributed by atoms with van der Waals surface area (Å²) in [4.78, 5) is 13.7. The Hall–Kier alpha value is -2.14. The fourth-order valence-electron chi connectivity index (χ4n) is 3.25. The van der Waals surface area contributed by atoms with E-state index >= 15 is 0 Å². The van der Waals surface area contributed by atoms with E-state index in [2.05, 4.69) is 47.1 Å². The van der Waals surface area contributed by atoms with Crippen LogP contribution in [0.2, 0.25) is 0 Å². The minimum absolute atomic E-state index is 0.0271. The van der Waals surface area contributed by atoms with Gasteiger partial charge in [-0.05, 0) is 50.4 Å². The Morgan fingerprint density at radius 1 is 1.39 bits per heavy atom. The lowest BCUT2D eigenvalue weighted by molar-refractivity contribution is -0.123. The van der Waals surface area contributed by atoms with Crippen LogP contribution in [0.4, 0.5) is 0 Å². The molecule has 2 heterocycles. The number of amides is 1. The third kappa shape index (κ3) is 3.45. The lowest BCUT2D eigenvalue weighted by atomic mass is 9.96. The third-order valence-corrected chi connectivity index (χ3v) is 4.82. The lowest BCUT2D eigenvalue weighted by Crippen LogP contribution is -2.40. The van der Waals surface area contributed by atoms with Gasteiger partial charge >= 0.3 is 0 Å². The summed E-state index contributed by atoms with van der Waals surface area (Å²) in [6.45, 7) is 6.78. The Labute approximate surface area is 136 Å². The van der Waals surface area contributed by atoms with E-state index in [1.54, 1.807) is 0 Å². The molecule has 0 spiro atoms. The van der Waals surface area contributed by atoms with E-state index in [0.29, 0.717) is 0 Å². The van der Waals surface area contributed by atoms with Crippen molar-refractivity contribution in [2.45, 2.75) is 33.2 Å². The molecular formula is C18H24N4O. The fourth-order valence-corrected chi connectivity index (χ4v) is 3.25.